The van der Waals surface area contributed by atoms with Crippen LogP contribution in [0.1, 0.15) is 35.5 Å². The molecule has 1 rings (SSSR count). The Bertz CT molecular complexity index is 491. The number of nitrogens with one attached hydrogen (secondary N) is 2. The van der Waals surface area contributed by atoms with Gasteiger partial charge in [-0.3, -0.25) is 9.59 Å². The molecule has 1 amide bonds. The number of amides is 1. The Labute approximate surface area is 106 Å². The Balaban J connectivity index is 3.02. The number of H-pyrrole nitrogens is 1. The molecule has 0 aromatic carbocycles. The fourth-order valence-electron chi connectivity index (χ4n) is 1.80. The molecule has 5 nitrogen and oxygen atoms in total. The second kappa shape index (κ2) is 5.82. The van der Waals surface area contributed by atoms with Crippen molar-refractivity contribution in [3.05, 3.63) is 33.2 Å². The lowest BCUT2D eigenvalue weighted by atomic mass is 10.0. The third-order valence-electron chi connectivity index (χ3n) is 2.91. The summed E-state index contributed by atoms with van der Waals surface area (Å²) < 4.78 is 0. The van der Waals surface area contributed by atoms with Crippen molar-refractivity contribution in [2.45, 2.75) is 33.7 Å². The van der Waals surface area contributed by atoms with Gasteiger partial charge in [-0.05, 0) is 31.4 Å². The maximum Gasteiger partial charge on any atom is 0.261 e. The zero-order chi connectivity index (χ0) is 13.9. The van der Waals surface area contributed by atoms with Gasteiger partial charge in [-0.15, -0.1) is 0 Å². The maximum atomic E-state index is 12.0. The third kappa shape index (κ3) is 3.20. The van der Waals surface area contributed by atoms with Crippen LogP contribution in [-0.4, -0.2) is 28.6 Å². The van der Waals surface area contributed by atoms with Crippen LogP contribution in [0.4, 0.5) is 0 Å². The first-order valence-electron chi connectivity index (χ1n) is 5.99. The molecule has 18 heavy (non-hydrogen) atoms. The van der Waals surface area contributed by atoms with Crippen LogP contribution >= 0.6 is 0 Å². The predicted molar refractivity (Wildman–Crippen MR) is 69.7 cm³/mol. The number of aryl methyl sites for hydroxylation is 2. The minimum atomic E-state index is -0.443. The molecule has 0 spiro atoms. The number of aliphatic hydroxyl groups excluding tert-OH is 1. The molecule has 0 saturated carbocycles. The summed E-state index contributed by atoms with van der Waals surface area (Å²) in [6.45, 7) is 7.13. The lowest BCUT2D eigenvalue weighted by Crippen LogP contribution is -2.43. The summed E-state index contributed by atoms with van der Waals surface area (Å²) >= 11 is 0. The molecule has 1 unspecified atom stereocenters. The van der Waals surface area contributed by atoms with E-state index in [0.717, 1.165) is 5.69 Å². The number of carbonyl (C=O) groups is 1. The zero-order valence-electron chi connectivity index (χ0n) is 11.2. The largest absolute Gasteiger partial charge is 0.394 e. The molecule has 5 heteroatoms. The van der Waals surface area contributed by atoms with Crippen molar-refractivity contribution in [2.75, 3.05) is 6.61 Å². The van der Waals surface area contributed by atoms with Crippen molar-refractivity contribution in [1.29, 1.82) is 0 Å². The van der Waals surface area contributed by atoms with Crippen LogP contribution in [0.2, 0.25) is 0 Å². The summed E-state index contributed by atoms with van der Waals surface area (Å²) in [6.07, 6.45) is 0. The number of pyridine rings is 1. The molecule has 1 aromatic heterocycles. The van der Waals surface area contributed by atoms with Crippen molar-refractivity contribution in [2.24, 2.45) is 5.92 Å². The molecule has 0 radical (unpaired) electrons. The molecule has 0 aliphatic carbocycles. The van der Waals surface area contributed by atoms with Crippen LogP contribution in [0.25, 0.3) is 0 Å². The fourth-order valence-corrected chi connectivity index (χ4v) is 1.80. The van der Waals surface area contributed by atoms with Gasteiger partial charge in [0.05, 0.1) is 12.6 Å². The van der Waals surface area contributed by atoms with Crippen molar-refractivity contribution in [3.63, 3.8) is 0 Å². The Kier molecular flexibility index (Phi) is 4.67. The minimum Gasteiger partial charge on any atom is -0.394 e. The van der Waals surface area contributed by atoms with Gasteiger partial charge in [0.15, 0.2) is 0 Å². The van der Waals surface area contributed by atoms with E-state index in [2.05, 4.69) is 10.3 Å². The van der Waals surface area contributed by atoms with E-state index in [4.69, 9.17) is 0 Å². The quantitative estimate of drug-likeness (QED) is 0.739. The van der Waals surface area contributed by atoms with Crippen LogP contribution in [0, 0.1) is 19.8 Å². The molecule has 0 saturated heterocycles. The highest BCUT2D eigenvalue weighted by atomic mass is 16.3. The Hall–Kier alpha value is -1.62. The maximum absolute atomic E-state index is 12.0. The second-order valence-corrected chi connectivity index (χ2v) is 4.85. The Morgan fingerprint density at radius 2 is 2.06 bits per heavy atom. The lowest BCUT2D eigenvalue weighted by molar-refractivity contribution is 0.0894. The standard InChI is InChI=1S/C13H20N2O3/c1-7(2)10(6-16)15-13(18)11-8(3)5-9(4)14-12(11)17/h5,7,10,16H,6H2,1-4H3,(H,14,17)(H,15,18). The first-order valence-corrected chi connectivity index (χ1v) is 5.99. The van der Waals surface area contributed by atoms with Crippen LogP contribution in [0.5, 0.6) is 0 Å². The molecule has 100 valence electrons. The normalized spacial score (nSPS) is 12.6. The van der Waals surface area contributed by atoms with E-state index in [1.807, 2.05) is 13.8 Å². The van der Waals surface area contributed by atoms with E-state index in [1.165, 1.54) is 0 Å². The van der Waals surface area contributed by atoms with Crippen LogP contribution in [0.3, 0.4) is 0 Å². The van der Waals surface area contributed by atoms with E-state index in [1.54, 1.807) is 19.9 Å². The van der Waals surface area contributed by atoms with Gasteiger partial charge in [0.2, 0.25) is 0 Å². The Morgan fingerprint density at radius 3 is 2.50 bits per heavy atom. The van der Waals surface area contributed by atoms with Gasteiger partial charge < -0.3 is 15.4 Å². The lowest BCUT2D eigenvalue weighted by Gasteiger charge is -2.20. The second-order valence-electron chi connectivity index (χ2n) is 4.85. The van der Waals surface area contributed by atoms with E-state index in [-0.39, 0.29) is 24.1 Å². The van der Waals surface area contributed by atoms with Gasteiger partial charge in [-0.25, -0.2) is 0 Å². The van der Waals surface area contributed by atoms with Crippen LogP contribution in [0.15, 0.2) is 10.9 Å². The predicted octanol–water partition coefficient (Wildman–Crippen LogP) is 0.738. The summed E-state index contributed by atoms with van der Waals surface area (Å²) in [4.78, 5) is 26.4. The smallest absolute Gasteiger partial charge is 0.261 e. The first-order chi connectivity index (χ1) is 8.36. The molecular weight excluding hydrogens is 232 g/mol. The molecular formula is C13H20N2O3. The first kappa shape index (κ1) is 14.4. The molecule has 1 heterocycles. The van der Waals surface area contributed by atoms with Crippen LogP contribution < -0.4 is 10.9 Å². The summed E-state index contributed by atoms with van der Waals surface area (Å²) in [7, 11) is 0. The van der Waals surface area contributed by atoms with Crippen molar-refractivity contribution < 1.29 is 9.90 Å². The highest BCUT2D eigenvalue weighted by Gasteiger charge is 2.19. The molecule has 0 aliphatic heterocycles. The van der Waals surface area contributed by atoms with E-state index >= 15 is 0 Å². The van der Waals surface area contributed by atoms with Crippen LogP contribution in [-0.2, 0) is 0 Å². The van der Waals surface area contributed by atoms with E-state index in [9.17, 15) is 14.7 Å². The highest BCUT2D eigenvalue weighted by Crippen LogP contribution is 2.06. The summed E-state index contributed by atoms with van der Waals surface area (Å²) in [5, 5.41) is 11.8. The molecule has 1 atom stereocenters. The topological polar surface area (TPSA) is 82.2 Å². The highest BCUT2D eigenvalue weighted by molar-refractivity contribution is 5.95. The van der Waals surface area contributed by atoms with Gasteiger partial charge in [0.25, 0.3) is 11.5 Å². The number of carbonyl (C=O) groups excluding carboxylic acids is 1. The third-order valence-corrected chi connectivity index (χ3v) is 2.91. The molecule has 1 aromatic rings. The Morgan fingerprint density at radius 1 is 1.44 bits per heavy atom. The van der Waals surface area contributed by atoms with E-state index in [0.29, 0.717) is 5.56 Å². The number of aromatic nitrogens is 1. The number of hydrogen-bond donors (Lipinski definition) is 3. The van der Waals surface area contributed by atoms with Crippen molar-refractivity contribution >= 4 is 5.91 Å². The molecule has 0 aliphatic rings. The SMILES string of the molecule is Cc1cc(C)c(C(=O)NC(CO)C(C)C)c(=O)[nH]1. The fraction of sp³-hybridized carbons (Fsp3) is 0.538. The molecule has 3 N–H and O–H groups in total. The summed E-state index contributed by atoms with van der Waals surface area (Å²) in [5.74, 6) is -0.342. The number of aromatic amines is 1. The number of hydrogen-bond acceptors (Lipinski definition) is 3. The van der Waals surface area contributed by atoms with Gasteiger partial charge in [0.1, 0.15) is 5.56 Å². The van der Waals surface area contributed by atoms with Crippen molar-refractivity contribution in [1.82, 2.24) is 10.3 Å². The summed E-state index contributed by atoms with van der Waals surface area (Å²) in [5.41, 5.74) is 1.07. The number of rotatable bonds is 4. The zero-order valence-corrected chi connectivity index (χ0v) is 11.2. The molecule has 0 fully saturated rings. The van der Waals surface area contributed by atoms with Gasteiger partial charge in [-0.1, -0.05) is 13.8 Å². The summed E-state index contributed by atoms with van der Waals surface area (Å²) in [6, 6.07) is 1.40. The number of aliphatic hydroxyl groups is 1. The average Bonchev–Trinajstić information content (AvgIpc) is 2.23. The monoisotopic (exact) mass is 252 g/mol. The minimum absolute atomic E-state index is 0.101. The van der Waals surface area contributed by atoms with E-state index < -0.39 is 11.5 Å². The molecule has 0 bridgehead atoms. The average molecular weight is 252 g/mol. The van der Waals surface area contributed by atoms with Crippen molar-refractivity contribution in [3.8, 4) is 0 Å². The van der Waals surface area contributed by atoms with Gasteiger partial charge >= 0.3 is 0 Å². The van der Waals surface area contributed by atoms with Gasteiger partial charge in [-0.2, -0.15) is 0 Å². The van der Waals surface area contributed by atoms with Gasteiger partial charge in [0, 0.05) is 5.69 Å².